The normalized spacial score (nSPS) is 14.0. The van der Waals surface area contributed by atoms with Gasteiger partial charge in [-0.3, -0.25) is 37.3 Å². The lowest BCUT2D eigenvalue weighted by atomic mass is 10.0. The van der Waals surface area contributed by atoms with Crippen LogP contribution in [0.4, 0.5) is 0 Å². The maximum Gasteiger partial charge on any atom is 0.472 e. The van der Waals surface area contributed by atoms with Crippen molar-refractivity contribution < 1.29 is 80.2 Å². The molecule has 0 aliphatic carbocycles. The molecule has 0 bridgehead atoms. The average Bonchev–Trinajstić information content (AvgIpc) is 1.14. The first-order valence-electron chi connectivity index (χ1n) is 40.5. The zero-order chi connectivity index (χ0) is 71.4. The number of phosphoric ester groups is 2. The van der Waals surface area contributed by atoms with Gasteiger partial charge in [0.2, 0.25) is 0 Å². The first kappa shape index (κ1) is 95.1. The summed E-state index contributed by atoms with van der Waals surface area (Å²) in [4.78, 5) is 72.8. The Balaban J connectivity index is 5.21. The van der Waals surface area contributed by atoms with E-state index in [1.54, 1.807) is 0 Å². The van der Waals surface area contributed by atoms with E-state index in [1.165, 1.54) is 218 Å². The van der Waals surface area contributed by atoms with Crippen LogP contribution in [0.1, 0.15) is 408 Å². The van der Waals surface area contributed by atoms with Crippen molar-refractivity contribution >= 4 is 39.5 Å². The van der Waals surface area contributed by atoms with Gasteiger partial charge in [0.05, 0.1) is 26.4 Å². The van der Waals surface area contributed by atoms with Gasteiger partial charge in [0.15, 0.2) is 12.2 Å². The fourth-order valence-corrected chi connectivity index (χ4v) is 13.6. The molecule has 17 nitrogen and oxygen atoms in total. The molecule has 97 heavy (non-hydrogen) atoms. The lowest BCUT2D eigenvalue weighted by molar-refractivity contribution is -0.161. The highest BCUT2D eigenvalue weighted by Crippen LogP contribution is 2.45. The molecule has 2 unspecified atom stereocenters. The number of rotatable bonds is 77. The number of carbonyl (C=O) groups excluding carboxylic acids is 4. The number of esters is 4. The first-order valence-corrected chi connectivity index (χ1v) is 43.5. The second kappa shape index (κ2) is 69.8. The summed E-state index contributed by atoms with van der Waals surface area (Å²) in [6.45, 7) is 9.62. The van der Waals surface area contributed by atoms with Crippen LogP contribution in [0.5, 0.6) is 0 Å². The van der Waals surface area contributed by atoms with Gasteiger partial charge in [0, 0.05) is 25.7 Å². The van der Waals surface area contributed by atoms with E-state index < -0.39 is 97.5 Å². The summed E-state index contributed by atoms with van der Waals surface area (Å²) in [6, 6.07) is 0. The van der Waals surface area contributed by atoms with E-state index in [4.69, 9.17) is 37.0 Å². The van der Waals surface area contributed by atoms with Gasteiger partial charge in [-0.25, -0.2) is 9.13 Å². The molecule has 19 heteroatoms. The van der Waals surface area contributed by atoms with Crippen LogP contribution in [-0.4, -0.2) is 96.7 Å². The molecule has 0 aromatic rings. The zero-order valence-corrected chi connectivity index (χ0v) is 65.2. The number of aliphatic hydroxyl groups is 1. The van der Waals surface area contributed by atoms with E-state index in [9.17, 15) is 43.2 Å². The van der Waals surface area contributed by atoms with Gasteiger partial charge in [-0.05, 0) is 37.5 Å². The van der Waals surface area contributed by atoms with E-state index >= 15 is 0 Å². The second-order valence-electron chi connectivity index (χ2n) is 29.1. The van der Waals surface area contributed by atoms with Crippen LogP contribution in [0.25, 0.3) is 0 Å². The second-order valence-corrected chi connectivity index (χ2v) is 32.0. The number of phosphoric acid groups is 2. The number of unbranched alkanes of at least 4 members (excludes halogenated alkanes) is 47. The molecule has 0 radical (unpaired) electrons. The smallest absolute Gasteiger partial charge is 0.462 e. The number of carbonyl (C=O) groups is 4. The van der Waals surface area contributed by atoms with E-state index in [2.05, 4.69) is 41.5 Å². The Hall–Kier alpha value is -1.94. The molecule has 0 saturated carbocycles. The molecular weight excluding hydrogens is 1270 g/mol. The van der Waals surface area contributed by atoms with Gasteiger partial charge >= 0.3 is 39.5 Å². The number of hydrogen-bond acceptors (Lipinski definition) is 15. The fourth-order valence-electron chi connectivity index (χ4n) is 12.0. The topological polar surface area (TPSA) is 237 Å². The Bertz CT molecular complexity index is 1870. The van der Waals surface area contributed by atoms with Gasteiger partial charge in [-0.1, -0.05) is 356 Å². The molecule has 0 saturated heterocycles. The lowest BCUT2D eigenvalue weighted by Gasteiger charge is -2.21. The van der Waals surface area contributed by atoms with Crippen molar-refractivity contribution in [1.29, 1.82) is 0 Å². The molecule has 576 valence electrons. The SMILES string of the molecule is CCCCCCCCCCCCCCCCCCC(=O)OC[C@H](COP(=O)(O)OC[C@@H](O)COP(=O)(O)OC[C@@H](COC(=O)CCCCCCCCCC)OC(=O)CCCCCCCCCCCCCC(C)C)OC(=O)CCCCCCCCCCCCCCCCCCC(C)C. The Labute approximate surface area is 594 Å². The van der Waals surface area contributed by atoms with Crippen molar-refractivity contribution in [2.45, 2.75) is 426 Å². The molecule has 3 N–H and O–H groups in total. The van der Waals surface area contributed by atoms with Crippen LogP contribution in [0.15, 0.2) is 0 Å². The summed E-state index contributed by atoms with van der Waals surface area (Å²) in [6.07, 6.45) is 58.3. The molecule has 0 fully saturated rings. The summed E-state index contributed by atoms with van der Waals surface area (Å²) in [7, 11) is -9.91. The van der Waals surface area contributed by atoms with Crippen molar-refractivity contribution in [3.63, 3.8) is 0 Å². The number of hydrogen-bond donors (Lipinski definition) is 3. The fraction of sp³-hybridized carbons (Fsp3) is 0.949. The van der Waals surface area contributed by atoms with Crippen LogP contribution in [0, 0.1) is 11.8 Å². The molecule has 0 heterocycles. The van der Waals surface area contributed by atoms with E-state index in [1.807, 2.05) is 0 Å². The van der Waals surface area contributed by atoms with E-state index in [0.717, 1.165) is 108 Å². The Kier molecular flexibility index (Phi) is 68.4. The average molecular weight is 1420 g/mol. The highest BCUT2D eigenvalue weighted by molar-refractivity contribution is 7.47. The molecule has 0 rings (SSSR count). The van der Waals surface area contributed by atoms with Gasteiger partial charge in [0.1, 0.15) is 19.3 Å². The molecule has 0 amide bonds. The maximum absolute atomic E-state index is 13.1. The third kappa shape index (κ3) is 72.2. The van der Waals surface area contributed by atoms with Crippen LogP contribution < -0.4 is 0 Å². The van der Waals surface area contributed by atoms with Gasteiger partial charge in [0.25, 0.3) is 0 Å². The Morgan fingerprint density at radius 1 is 0.278 bits per heavy atom. The van der Waals surface area contributed by atoms with E-state index in [-0.39, 0.29) is 25.7 Å². The van der Waals surface area contributed by atoms with Crippen LogP contribution in [0.2, 0.25) is 0 Å². The Morgan fingerprint density at radius 3 is 0.701 bits per heavy atom. The molecule has 0 spiro atoms. The summed E-state index contributed by atoms with van der Waals surface area (Å²) in [5.74, 6) is -0.539. The zero-order valence-electron chi connectivity index (χ0n) is 63.4. The largest absolute Gasteiger partial charge is 0.472 e. The lowest BCUT2D eigenvalue weighted by Crippen LogP contribution is -2.30. The minimum Gasteiger partial charge on any atom is -0.462 e. The van der Waals surface area contributed by atoms with E-state index in [0.29, 0.717) is 25.7 Å². The van der Waals surface area contributed by atoms with Crippen molar-refractivity contribution in [2.24, 2.45) is 11.8 Å². The first-order chi connectivity index (χ1) is 46.9. The van der Waals surface area contributed by atoms with Crippen LogP contribution >= 0.6 is 15.6 Å². The van der Waals surface area contributed by atoms with Crippen LogP contribution in [0.3, 0.4) is 0 Å². The Morgan fingerprint density at radius 2 is 0.474 bits per heavy atom. The van der Waals surface area contributed by atoms with Crippen molar-refractivity contribution in [3.05, 3.63) is 0 Å². The van der Waals surface area contributed by atoms with Crippen molar-refractivity contribution in [1.82, 2.24) is 0 Å². The minimum absolute atomic E-state index is 0.106. The molecule has 5 atom stereocenters. The highest BCUT2D eigenvalue weighted by atomic mass is 31.2. The maximum atomic E-state index is 13.1. The molecule has 0 aliphatic heterocycles. The van der Waals surface area contributed by atoms with Gasteiger partial charge in [-0.2, -0.15) is 0 Å². The number of ether oxygens (including phenoxy) is 4. The molecule has 0 aromatic heterocycles. The molecular formula is C78H152O17P2. The monoisotopic (exact) mass is 1420 g/mol. The molecule has 0 aliphatic rings. The number of aliphatic hydroxyl groups excluding tert-OH is 1. The molecule has 0 aromatic carbocycles. The van der Waals surface area contributed by atoms with Crippen LogP contribution in [-0.2, 0) is 65.4 Å². The predicted octanol–water partition coefficient (Wildman–Crippen LogP) is 23.1. The quantitative estimate of drug-likeness (QED) is 0.0222. The van der Waals surface area contributed by atoms with Gasteiger partial charge < -0.3 is 33.8 Å². The summed E-state index contributed by atoms with van der Waals surface area (Å²) in [5.41, 5.74) is 0. The van der Waals surface area contributed by atoms with Crippen molar-refractivity contribution in [3.8, 4) is 0 Å². The third-order valence-corrected chi connectivity index (χ3v) is 20.1. The third-order valence-electron chi connectivity index (χ3n) is 18.2. The van der Waals surface area contributed by atoms with Gasteiger partial charge in [-0.15, -0.1) is 0 Å². The summed E-state index contributed by atoms with van der Waals surface area (Å²) >= 11 is 0. The standard InChI is InChI=1S/C78H152O17P2/c1-7-9-11-13-15-17-18-19-20-24-27-32-37-43-49-55-61-76(81)89-67-74(95-77(82)62-56-50-44-38-33-28-25-22-21-23-26-30-35-40-46-52-58-70(3)4)69-93-97(86,87)91-65-72(79)64-90-96(84,85)92-68-73(66-88-75(80)60-54-48-42-16-14-12-10-8-2)94-78(83)63-57-51-45-39-34-29-31-36-41-47-53-59-71(5)6/h70-74,79H,7-69H2,1-6H3,(H,84,85)(H,86,87)/t72-,73+,74+/m0/s1. The summed E-state index contributed by atoms with van der Waals surface area (Å²) in [5, 5.41) is 10.6. The minimum atomic E-state index is -4.96. The highest BCUT2D eigenvalue weighted by Gasteiger charge is 2.30. The predicted molar refractivity (Wildman–Crippen MR) is 395 cm³/mol. The summed E-state index contributed by atoms with van der Waals surface area (Å²) < 4.78 is 68.5. The van der Waals surface area contributed by atoms with Crippen molar-refractivity contribution in [2.75, 3.05) is 39.6 Å².